The Labute approximate surface area is 109 Å². The van der Waals surface area contributed by atoms with Crippen molar-refractivity contribution in [3.05, 3.63) is 42.1 Å². The molecule has 0 aliphatic rings. The van der Waals surface area contributed by atoms with Crippen LogP contribution in [-0.4, -0.2) is 16.6 Å². The summed E-state index contributed by atoms with van der Waals surface area (Å²) in [6, 6.07) is 7.89. The number of rotatable bonds is 4. The van der Waals surface area contributed by atoms with E-state index < -0.39 is 5.82 Å². The van der Waals surface area contributed by atoms with Gasteiger partial charge in [-0.2, -0.15) is 5.26 Å². The van der Waals surface area contributed by atoms with E-state index in [1.165, 1.54) is 24.5 Å². The monoisotopic (exact) mass is 258 g/mol. The van der Waals surface area contributed by atoms with E-state index in [9.17, 15) is 4.39 Å². The third kappa shape index (κ3) is 3.16. The summed E-state index contributed by atoms with van der Waals surface area (Å²) in [5.41, 5.74) is 0.757. The molecule has 0 radical (unpaired) electrons. The van der Waals surface area contributed by atoms with Gasteiger partial charge in [-0.3, -0.25) is 0 Å². The molecule has 1 aromatic heterocycles. The molecule has 0 amide bonds. The summed E-state index contributed by atoms with van der Waals surface area (Å²) in [5, 5.41) is 11.6. The Bertz CT molecular complexity index is 624. The molecule has 0 aliphatic carbocycles. The molecule has 1 aromatic carbocycles. The summed E-state index contributed by atoms with van der Waals surface area (Å²) >= 11 is 0. The molecule has 1 N–H and O–H groups in total. The van der Waals surface area contributed by atoms with Crippen LogP contribution in [0.15, 0.2) is 30.6 Å². The van der Waals surface area contributed by atoms with Gasteiger partial charge in [-0.05, 0) is 19.1 Å². The molecule has 2 aromatic rings. The van der Waals surface area contributed by atoms with Crippen molar-refractivity contribution in [3.63, 3.8) is 0 Å². The fraction of sp³-hybridized carbons (Fsp3) is 0.154. The summed E-state index contributed by atoms with van der Waals surface area (Å²) in [4.78, 5) is 7.69. The van der Waals surface area contributed by atoms with E-state index in [0.717, 1.165) is 0 Å². The van der Waals surface area contributed by atoms with Crippen molar-refractivity contribution in [2.24, 2.45) is 0 Å². The maximum atomic E-state index is 13.6. The van der Waals surface area contributed by atoms with Crippen LogP contribution in [0.2, 0.25) is 0 Å². The van der Waals surface area contributed by atoms with Crippen LogP contribution < -0.4 is 10.1 Å². The van der Waals surface area contributed by atoms with Crippen LogP contribution in [0.1, 0.15) is 12.6 Å². The van der Waals surface area contributed by atoms with Gasteiger partial charge in [-0.25, -0.2) is 14.4 Å². The molecule has 0 bridgehead atoms. The molecule has 0 aliphatic heterocycles. The average molecular weight is 258 g/mol. The molecule has 0 spiro atoms. The lowest BCUT2D eigenvalue weighted by Crippen LogP contribution is -1.98. The van der Waals surface area contributed by atoms with Crippen LogP contribution in [0, 0.1) is 17.1 Å². The number of hydrogen-bond donors (Lipinski definition) is 1. The normalized spacial score (nSPS) is 9.74. The van der Waals surface area contributed by atoms with E-state index in [4.69, 9.17) is 10.00 Å². The van der Waals surface area contributed by atoms with Crippen molar-refractivity contribution in [1.82, 2.24) is 9.97 Å². The van der Waals surface area contributed by atoms with Crippen molar-refractivity contribution >= 4 is 11.5 Å². The minimum Gasteiger partial charge on any atom is -0.491 e. The van der Waals surface area contributed by atoms with Crippen LogP contribution in [0.4, 0.5) is 15.9 Å². The summed E-state index contributed by atoms with van der Waals surface area (Å²) in [6.07, 6.45) is 1.27. The standard InChI is InChI=1S/C13H11FN4O/c1-2-19-12-4-3-9(5-11(12)14)18-13-6-10(7-15)16-8-17-13/h3-6,8H,2H2,1H3,(H,16,17,18). The van der Waals surface area contributed by atoms with Gasteiger partial charge in [0.05, 0.1) is 6.61 Å². The first-order chi connectivity index (χ1) is 9.22. The minimum atomic E-state index is -0.457. The van der Waals surface area contributed by atoms with Crippen LogP contribution in [0.25, 0.3) is 0 Å². The zero-order valence-corrected chi connectivity index (χ0v) is 10.2. The van der Waals surface area contributed by atoms with Crippen molar-refractivity contribution < 1.29 is 9.13 Å². The molecule has 1 heterocycles. The zero-order valence-electron chi connectivity index (χ0n) is 10.2. The van der Waals surface area contributed by atoms with Gasteiger partial charge in [-0.15, -0.1) is 0 Å². The molecule has 19 heavy (non-hydrogen) atoms. The Morgan fingerprint density at radius 3 is 2.89 bits per heavy atom. The summed E-state index contributed by atoms with van der Waals surface area (Å²) in [5.74, 6) is 0.171. The Kier molecular flexibility index (Phi) is 3.88. The fourth-order valence-corrected chi connectivity index (χ4v) is 1.49. The van der Waals surface area contributed by atoms with Crippen LogP contribution in [-0.2, 0) is 0 Å². The first-order valence-electron chi connectivity index (χ1n) is 5.64. The van der Waals surface area contributed by atoms with Crippen molar-refractivity contribution in [1.29, 1.82) is 5.26 Å². The number of nitrogens with zero attached hydrogens (tertiary/aromatic N) is 3. The number of benzene rings is 1. The molecule has 6 heteroatoms. The summed E-state index contributed by atoms with van der Waals surface area (Å²) in [7, 11) is 0. The minimum absolute atomic E-state index is 0.202. The molecule has 0 saturated heterocycles. The molecule has 96 valence electrons. The van der Waals surface area contributed by atoms with E-state index in [2.05, 4.69) is 15.3 Å². The first-order valence-corrected chi connectivity index (χ1v) is 5.64. The number of nitrogens with one attached hydrogen (secondary N) is 1. The Morgan fingerprint density at radius 2 is 2.21 bits per heavy atom. The van der Waals surface area contributed by atoms with Gasteiger partial charge in [0.15, 0.2) is 11.6 Å². The van der Waals surface area contributed by atoms with Crippen molar-refractivity contribution in [2.45, 2.75) is 6.92 Å². The predicted molar refractivity (Wildman–Crippen MR) is 67.6 cm³/mol. The lowest BCUT2D eigenvalue weighted by atomic mass is 10.3. The van der Waals surface area contributed by atoms with Gasteiger partial charge in [0.1, 0.15) is 23.9 Å². The molecule has 0 atom stereocenters. The number of aromatic nitrogens is 2. The van der Waals surface area contributed by atoms with E-state index in [1.807, 2.05) is 6.07 Å². The maximum absolute atomic E-state index is 13.6. The molecular formula is C13H11FN4O. The van der Waals surface area contributed by atoms with Gasteiger partial charge in [0, 0.05) is 17.8 Å². The van der Waals surface area contributed by atoms with Crippen molar-refractivity contribution in [3.8, 4) is 11.8 Å². The van der Waals surface area contributed by atoms with E-state index in [-0.39, 0.29) is 11.4 Å². The van der Waals surface area contributed by atoms with Gasteiger partial charge >= 0.3 is 0 Å². The smallest absolute Gasteiger partial charge is 0.167 e. The molecule has 5 nitrogen and oxygen atoms in total. The Hall–Kier alpha value is -2.68. The number of anilines is 2. The highest BCUT2D eigenvalue weighted by molar-refractivity contribution is 5.58. The summed E-state index contributed by atoms with van der Waals surface area (Å²) < 4.78 is 18.7. The van der Waals surface area contributed by atoms with Gasteiger partial charge in [-0.1, -0.05) is 0 Å². The first kappa shape index (κ1) is 12.8. The van der Waals surface area contributed by atoms with Gasteiger partial charge in [0.25, 0.3) is 0 Å². The Balaban J connectivity index is 2.19. The topological polar surface area (TPSA) is 70.8 Å². The highest BCUT2D eigenvalue weighted by Crippen LogP contribution is 2.23. The predicted octanol–water partition coefficient (Wildman–Crippen LogP) is 2.63. The Morgan fingerprint density at radius 1 is 1.37 bits per heavy atom. The largest absolute Gasteiger partial charge is 0.491 e. The lowest BCUT2D eigenvalue weighted by Gasteiger charge is -2.08. The molecule has 0 fully saturated rings. The van der Waals surface area contributed by atoms with Crippen LogP contribution in [0.5, 0.6) is 5.75 Å². The second-order valence-corrected chi connectivity index (χ2v) is 3.60. The van der Waals surface area contributed by atoms with Gasteiger partial charge < -0.3 is 10.1 Å². The number of nitriles is 1. The number of ether oxygens (including phenoxy) is 1. The number of hydrogen-bond acceptors (Lipinski definition) is 5. The maximum Gasteiger partial charge on any atom is 0.167 e. The zero-order chi connectivity index (χ0) is 13.7. The molecule has 0 saturated carbocycles. The quantitative estimate of drug-likeness (QED) is 0.912. The summed E-state index contributed by atoms with van der Waals surface area (Å²) in [6.45, 7) is 2.19. The highest BCUT2D eigenvalue weighted by atomic mass is 19.1. The highest BCUT2D eigenvalue weighted by Gasteiger charge is 2.05. The van der Waals surface area contributed by atoms with E-state index in [0.29, 0.717) is 18.1 Å². The van der Waals surface area contributed by atoms with E-state index >= 15 is 0 Å². The van der Waals surface area contributed by atoms with Crippen molar-refractivity contribution in [2.75, 3.05) is 11.9 Å². The molecule has 2 rings (SSSR count). The average Bonchev–Trinajstić information content (AvgIpc) is 2.42. The fourth-order valence-electron chi connectivity index (χ4n) is 1.49. The molecular weight excluding hydrogens is 247 g/mol. The third-order valence-electron chi connectivity index (χ3n) is 2.29. The second kappa shape index (κ2) is 5.78. The second-order valence-electron chi connectivity index (χ2n) is 3.60. The van der Waals surface area contributed by atoms with Crippen LogP contribution in [0.3, 0.4) is 0 Å². The number of halogens is 1. The lowest BCUT2D eigenvalue weighted by molar-refractivity contribution is 0.321. The van der Waals surface area contributed by atoms with E-state index in [1.54, 1.807) is 13.0 Å². The SMILES string of the molecule is CCOc1ccc(Nc2cc(C#N)ncn2)cc1F. The van der Waals surface area contributed by atoms with Crippen LogP contribution >= 0.6 is 0 Å². The van der Waals surface area contributed by atoms with Gasteiger partial charge in [0.2, 0.25) is 0 Å². The molecule has 0 unspecified atom stereocenters. The third-order valence-corrected chi connectivity index (χ3v) is 2.29.